The van der Waals surface area contributed by atoms with E-state index in [0.29, 0.717) is 0 Å². The first kappa shape index (κ1) is 14.3. The fraction of sp³-hybridized carbons (Fsp3) is 0.308. The third kappa shape index (κ3) is 2.34. The van der Waals surface area contributed by atoms with E-state index in [2.05, 4.69) is 4.68 Å². The highest BCUT2D eigenvalue weighted by Gasteiger charge is 2.26. The number of hydrogen-bond donors (Lipinski definition) is 0. The molecule has 1 aliphatic rings. The molecule has 20 heavy (non-hydrogen) atoms. The molecule has 1 aliphatic heterocycles. The second-order valence-electron chi connectivity index (χ2n) is 4.53. The summed E-state index contributed by atoms with van der Waals surface area (Å²) in [6.07, 6.45) is 0.966. The number of fused-ring (bicyclic) bond motifs is 1. The van der Waals surface area contributed by atoms with Gasteiger partial charge < -0.3 is 17.1 Å². The number of aryl methyl sites for hydroxylation is 1. The highest BCUT2D eigenvalue weighted by Crippen LogP contribution is 2.20. The number of aromatic nitrogens is 2. The van der Waals surface area contributed by atoms with Crippen LogP contribution in [0.3, 0.4) is 0 Å². The molecule has 106 valence electrons. The van der Waals surface area contributed by atoms with Crippen molar-refractivity contribution in [2.75, 3.05) is 6.61 Å². The van der Waals surface area contributed by atoms with Gasteiger partial charge in [0.15, 0.2) is 6.54 Å². The molecule has 0 saturated heterocycles. The van der Waals surface area contributed by atoms with Crippen molar-refractivity contribution in [3.63, 3.8) is 0 Å². The lowest BCUT2D eigenvalue weighted by Gasteiger charge is -2.10. The lowest BCUT2D eigenvalue weighted by molar-refractivity contribution is -0.777. The number of halogens is 1. The Morgan fingerprint density at radius 1 is 1.35 bits per heavy atom. The van der Waals surface area contributed by atoms with E-state index in [0.717, 1.165) is 36.8 Å². The van der Waals surface area contributed by atoms with E-state index in [1.165, 1.54) is 12.1 Å². The van der Waals surface area contributed by atoms with Crippen LogP contribution in [-0.2, 0) is 6.54 Å². The maximum absolute atomic E-state index is 10.7. The molecule has 6 nitrogen and oxygen atoms in total. The van der Waals surface area contributed by atoms with E-state index >= 15 is 0 Å². The van der Waals surface area contributed by atoms with E-state index in [1.807, 2.05) is 17.7 Å². The standard InChI is InChI=1S/C13H14N3O3.ClH/c1-10-9-13-14(7-2-8-19-13)15(10)11-3-5-12(6-4-11)16(17)18;/h3-6,9H,2,7-8H2,1H3;1H/q+1;/p-1. The number of benzene rings is 1. The van der Waals surface area contributed by atoms with Crippen molar-refractivity contribution in [3.05, 3.63) is 46.1 Å². The summed E-state index contributed by atoms with van der Waals surface area (Å²) in [4.78, 5) is 10.3. The number of nitro benzene ring substituents is 1. The summed E-state index contributed by atoms with van der Waals surface area (Å²) >= 11 is 0. The Hall–Kier alpha value is -2.08. The normalized spacial score (nSPS) is 13.1. The van der Waals surface area contributed by atoms with Crippen molar-refractivity contribution in [1.82, 2.24) is 4.68 Å². The van der Waals surface area contributed by atoms with E-state index in [4.69, 9.17) is 4.74 Å². The molecule has 0 amide bonds. The molecule has 3 rings (SSSR count). The van der Waals surface area contributed by atoms with Gasteiger partial charge in [-0.3, -0.25) is 10.1 Å². The number of non-ortho nitro benzene ring substituents is 1. The number of nitrogens with zero attached hydrogens (tertiary/aromatic N) is 3. The molecule has 0 unspecified atom stereocenters. The van der Waals surface area contributed by atoms with Crippen molar-refractivity contribution >= 4 is 5.69 Å². The molecular weight excluding hydrogens is 282 g/mol. The first-order valence-electron chi connectivity index (χ1n) is 6.17. The topological polar surface area (TPSA) is 61.2 Å². The summed E-state index contributed by atoms with van der Waals surface area (Å²) in [5, 5.41) is 10.7. The van der Waals surface area contributed by atoms with Gasteiger partial charge in [0.2, 0.25) is 0 Å². The molecule has 1 aromatic carbocycles. The lowest BCUT2D eigenvalue weighted by Crippen LogP contribution is -3.00. The Bertz CT molecular complexity index is 637. The lowest BCUT2D eigenvalue weighted by atomic mass is 10.3. The number of rotatable bonds is 2. The van der Waals surface area contributed by atoms with E-state index in [9.17, 15) is 10.1 Å². The average Bonchev–Trinajstić information content (AvgIpc) is 2.74. The van der Waals surface area contributed by atoms with Gasteiger partial charge in [-0.15, -0.1) is 4.68 Å². The van der Waals surface area contributed by atoms with Gasteiger partial charge in [-0.05, 0) is 19.1 Å². The molecule has 0 N–H and O–H groups in total. The molecular formula is C13H14ClN3O3. The zero-order valence-electron chi connectivity index (χ0n) is 11.0. The van der Waals surface area contributed by atoms with Gasteiger partial charge in [0.1, 0.15) is 12.3 Å². The molecule has 2 aromatic rings. The van der Waals surface area contributed by atoms with Crippen LogP contribution in [-0.4, -0.2) is 16.2 Å². The predicted octanol–water partition coefficient (Wildman–Crippen LogP) is -1.23. The molecule has 0 spiro atoms. The van der Waals surface area contributed by atoms with Gasteiger partial charge in [-0.25, -0.2) is 0 Å². The van der Waals surface area contributed by atoms with Crippen LogP contribution in [0.25, 0.3) is 5.69 Å². The Morgan fingerprint density at radius 2 is 2.05 bits per heavy atom. The van der Waals surface area contributed by atoms with Crippen molar-refractivity contribution in [2.24, 2.45) is 0 Å². The summed E-state index contributed by atoms with van der Waals surface area (Å²) in [7, 11) is 0. The van der Waals surface area contributed by atoms with E-state index < -0.39 is 4.92 Å². The Labute approximate surface area is 122 Å². The molecule has 0 fully saturated rings. The number of ether oxygens (including phenoxy) is 1. The minimum atomic E-state index is -0.391. The average molecular weight is 296 g/mol. The highest BCUT2D eigenvalue weighted by atomic mass is 35.5. The Morgan fingerprint density at radius 3 is 2.70 bits per heavy atom. The minimum Gasteiger partial charge on any atom is -1.00 e. The Balaban J connectivity index is 0.00000147. The fourth-order valence-electron chi connectivity index (χ4n) is 2.38. The van der Waals surface area contributed by atoms with Crippen molar-refractivity contribution in [1.29, 1.82) is 0 Å². The minimum absolute atomic E-state index is 0. The third-order valence-electron chi connectivity index (χ3n) is 3.23. The molecule has 0 saturated carbocycles. The molecule has 7 heteroatoms. The van der Waals surface area contributed by atoms with Gasteiger partial charge in [0.25, 0.3) is 5.69 Å². The smallest absolute Gasteiger partial charge is 0.393 e. The van der Waals surface area contributed by atoms with Crippen molar-refractivity contribution in [3.8, 4) is 11.6 Å². The second-order valence-corrected chi connectivity index (χ2v) is 4.53. The van der Waals surface area contributed by atoms with Crippen molar-refractivity contribution in [2.45, 2.75) is 19.9 Å². The van der Waals surface area contributed by atoms with Crippen LogP contribution in [0.1, 0.15) is 12.1 Å². The van der Waals surface area contributed by atoms with Gasteiger partial charge in [-0.2, -0.15) is 0 Å². The van der Waals surface area contributed by atoms with Crippen LogP contribution in [0.5, 0.6) is 5.88 Å². The largest absolute Gasteiger partial charge is 1.00 e. The quantitative estimate of drug-likeness (QED) is 0.396. The van der Waals surface area contributed by atoms with Gasteiger partial charge in [-0.1, -0.05) is 4.68 Å². The van der Waals surface area contributed by atoms with Gasteiger partial charge in [0.05, 0.1) is 16.7 Å². The predicted molar refractivity (Wildman–Crippen MR) is 67.5 cm³/mol. The van der Waals surface area contributed by atoms with E-state index in [1.54, 1.807) is 12.1 Å². The zero-order valence-corrected chi connectivity index (χ0v) is 11.7. The molecule has 0 radical (unpaired) electrons. The summed E-state index contributed by atoms with van der Waals surface area (Å²) in [5.41, 5.74) is 2.05. The molecule has 1 aromatic heterocycles. The molecule has 0 bridgehead atoms. The third-order valence-corrected chi connectivity index (χ3v) is 3.23. The summed E-state index contributed by atoms with van der Waals surface area (Å²) < 4.78 is 9.68. The van der Waals surface area contributed by atoms with Crippen LogP contribution in [0.4, 0.5) is 5.69 Å². The maximum Gasteiger partial charge on any atom is 0.393 e. The van der Waals surface area contributed by atoms with Crippen molar-refractivity contribution < 1.29 is 26.7 Å². The van der Waals surface area contributed by atoms with Crippen LogP contribution >= 0.6 is 0 Å². The fourth-order valence-corrected chi connectivity index (χ4v) is 2.38. The first-order valence-corrected chi connectivity index (χ1v) is 6.17. The zero-order chi connectivity index (χ0) is 13.4. The molecule has 0 aliphatic carbocycles. The summed E-state index contributed by atoms with van der Waals surface area (Å²) in [6.45, 7) is 3.62. The summed E-state index contributed by atoms with van der Waals surface area (Å²) in [5.74, 6) is 0.849. The van der Waals surface area contributed by atoms with Crippen LogP contribution in [0.2, 0.25) is 0 Å². The first-order chi connectivity index (χ1) is 9.16. The van der Waals surface area contributed by atoms with Crippen LogP contribution < -0.4 is 21.8 Å². The van der Waals surface area contributed by atoms with Crippen LogP contribution in [0.15, 0.2) is 30.3 Å². The summed E-state index contributed by atoms with van der Waals surface area (Å²) in [6, 6.07) is 8.54. The van der Waals surface area contributed by atoms with E-state index in [-0.39, 0.29) is 18.1 Å². The monoisotopic (exact) mass is 295 g/mol. The molecule has 0 atom stereocenters. The SMILES string of the molecule is Cc1cc2[n+](n1-c1ccc([N+](=O)[O-])cc1)CCCO2.[Cl-]. The maximum atomic E-state index is 10.7. The van der Waals surface area contributed by atoms with Gasteiger partial charge in [0, 0.05) is 18.6 Å². The van der Waals surface area contributed by atoms with Gasteiger partial charge >= 0.3 is 5.88 Å². The second kappa shape index (κ2) is 5.50. The number of nitro groups is 1. The Kier molecular flexibility index (Phi) is 3.94. The molecule has 2 heterocycles. The number of hydrogen-bond acceptors (Lipinski definition) is 3. The highest BCUT2D eigenvalue weighted by molar-refractivity contribution is 5.40. The van der Waals surface area contributed by atoms with Crippen LogP contribution in [0, 0.1) is 17.0 Å².